The van der Waals surface area contributed by atoms with Gasteiger partial charge in [-0.15, -0.1) is 0 Å². The average Bonchev–Trinajstić information content (AvgIpc) is 2.27. The lowest BCUT2D eigenvalue weighted by molar-refractivity contribution is -0.139. The van der Waals surface area contributed by atoms with E-state index in [-0.39, 0.29) is 17.1 Å². The van der Waals surface area contributed by atoms with Gasteiger partial charge in [-0.3, -0.25) is 4.79 Å². The van der Waals surface area contributed by atoms with Gasteiger partial charge in [0, 0.05) is 11.8 Å². The monoisotopic (exact) mass is 277 g/mol. The molecule has 96 valence electrons. The number of aromatic nitrogens is 1. The van der Waals surface area contributed by atoms with E-state index in [1.54, 1.807) is 0 Å². The van der Waals surface area contributed by atoms with Crippen molar-refractivity contribution >= 4 is 17.6 Å². The van der Waals surface area contributed by atoms with Gasteiger partial charge in [0.25, 0.3) is 0 Å². The Bertz CT molecular complexity index is 517. The van der Waals surface area contributed by atoms with Crippen molar-refractivity contribution in [1.29, 1.82) is 0 Å². The van der Waals surface area contributed by atoms with Gasteiger partial charge in [-0.25, -0.2) is 4.98 Å². The van der Waals surface area contributed by atoms with Crippen LogP contribution in [-0.4, -0.2) is 18.1 Å². The SMILES string of the molecule is COC(=O)CC#Cc1cc(Cl)ncc1C(F)(F)F. The zero-order chi connectivity index (χ0) is 13.8. The molecule has 3 nitrogen and oxygen atoms in total. The Morgan fingerprint density at radius 1 is 1.56 bits per heavy atom. The molecule has 1 heterocycles. The summed E-state index contributed by atoms with van der Waals surface area (Å²) in [5.41, 5.74) is -1.32. The smallest absolute Gasteiger partial charge is 0.419 e. The van der Waals surface area contributed by atoms with Crippen molar-refractivity contribution in [2.24, 2.45) is 0 Å². The molecule has 7 heteroatoms. The van der Waals surface area contributed by atoms with E-state index in [2.05, 4.69) is 21.6 Å². The summed E-state index contributed by atoms with van der Waals surface area (Å²) in [5, 5.41) is -0.106. The first-order valence-electron chi connectivity index (χ1n) is 4.63. The summed E-state index contributed by atoms with van der Waals surface area (Å²) in [4.78, 5) is 14.1. The number of nitrogens with zero attached hydrogens (tertiary/aromatic N) is 1. The van der Waals surface area contributed by atoms with Gasteiger partial charge in [-0.05, 0) is 6.07 Å². The molecular weight excluding hydrogens is 271 g/mol. The number of esters is 1. The van der Waals surface area contributed by atoms with E-state index >= 15 is 0 Å². The first-order chi connectivity index (χ1) is 8.34. The van der Waals surface area contributed by atoms with Crippen LogP contribution >= 0.6 is 11.6 Å². The number of carbonyl (C=O) groups is 1. The molecule has 0 aliphatic heterocycles. The van der Waals surface area contributed by atoms with Crippen LogP contribution in [0.4, 0.5) is 13.2 Å². The van der Waals surface area contributed by atoms with Gasteiger partial charge in [0.2, 0.25) is 0 Å². The molecular formula is C11H7ClF3NO2. The van der Waals surface area contributed by atoms with E-state index in [1.807, 2.05) is 0 Å². The Morgan fingerprint density at radius 2 is 2.22 bits per heavy atom. The topological polar surface area (TPSA) is 39.2 Å². The molecule has 0 radical (unpaired) electrons. The van der Waals surface area contributed by atoms with E-state index in [1.165, 1.54) is 0 Å². The van der Waals surface area contributed by atoms with Gasteiger partial charge < -0.3 is 4.74 Å². The van der Waals surface area contributed by atoms with Crippen molar-refractivity contribution in [3.05, 3.63) is 28.5 Å². The van der Waals surface area contributed by atoms with Crippen molar-refractivity contribution < 1.29 is 22.7 Å². The molecule has 0 aliphatic carbocycles. The Labute approximate surface area is 106 Å². The summed E-state index contributed by atoms with van der Waals surface area (Å²) in [6.07, 6.45) is -4.27. The maximum Gasteiger partial charge on any atom is 0.419 e. The summed E-state index contributed by atoms with van der Waals surface area (Å²) in [6.45, 7) is 0. The second kappa shape index (κ2) is 5.74. The van der Waals surface area contributed by atoms with E-state index in [9.17, 15) is 18.0 Å². The lowest BCUT2D eigenvalue weighted by atomic mass is 10.1. The molecule has 18 heavy (non-hydrogen) atoms. The average molecular weight is 278 g/mol. The molecule has 0 N–H and O–H groups in total. The Balaban J connectivity index is 3.07. The van der Waals surface area contributed by atoms with E-state index in [4.69, 9.17) is 11.6 Å². The molecule has 0 spiro atoms. The number of methoxy groups -OCH3 is 1. The van der Waals surface area contributed by atoms with Crippen LogP contribution in [0.15, 0.2) is 12.3 Å². The molecule has 0 aliphatic rings. The minimum Gasteiger partial charge on any atom is -0.468 e. The molecule has 0 saturated heterocycles. The summed E-state index contributed by atoms with van der Waals surface area (Å²) in [6, 6.07) is 0.995. The maximum atomic E-state index is 12.6. The number of halogens is 4. The Morgan fingerprint density at radius 3 is 2.78 bits per heavy atom. The van der Waals surface area contributed by atoms with Crippen LogP contribution in [0.1, 0.15) is 17.5 Å². The van der Waals surface area contributed by atoms with E-state index < -0.39 is 17.7 Å². The molecule has 1 aromatic heterocycles. The minimum absolute atomic E-state index is 0.106. The second-order valence-corrected chi connectivity index (χ2v) is 3.49. The van der Waals surface area contributed by atoms with Gasteiger partial charge in [-0.2, -0.15) is 13.2 Å². The molecule has 0 atom stereocenters. The zero-order valence-electron chi connectivity index (χ0n) is 9.14. The third kappa shape index (κ3) is 3.93. The number of hydrogen-bond acceptors (Lipinski definition) is 3. The molecule has 1 aromatic rings. The zero-order valence-corrected chi connectivity index (χ0v) is 9.89. The largest absolute Gasteiger partial charge is 0.468 e. The first-order valence-corrected chi connectivity index (χ1v) is 5.01. The maximum absolute atomic E-state index is 12.6. The van der Waals surface area contributed by atoms with Crippen LogP contribution in [0.25, 0.3) is 0 Å². The fourth-order valence-corrected chi connectivity index (χ4v) is 1.20. The van der Waals surface area contributed by atoms with Crippen molar-refractivity contribution in [2.75, 3.05) is 7.11 Å². The van der Waals surface area contributed by atoms with Gasteiger partial charge in [0.05, 0.1) is 12.7 Å². The highest BCUT2D eigenvalue weighted by Crippen LogP contribution is 2.31. The Hall–Kier alpha value is -1.74. The lowest BCUT2D eigenvalue weighted by Gasteiger charge is -2.08. The van der Waals surface area contributed by atoms with E-state index in [0.717, 1.165) is 13.2 Å². The normalized spacial score (nSPS) is 10.5. The minimum atomic E-state index is -4.58. The highest BCUT2D eigenvalue weighted by atomic mass is 35.5. The van der Waals surface area contributed by atoms with Gasteiger partial charge in [-0.1, -0.05) is 23.4 Å². The predicted molar refractivity (Wildman–Crippen MR) is 57.8 cm³/mol. The van der Waals surface area contributed by atoms with Crippen molar-refractivity contribution in [3.8, 4) is 11.8 Å². The fourth-order valence-electron chi connectivity index (χ4n) is 1.04. The van der Waals surface area contributed by atoms with Crippen LogP contribution in [0.3, 0.4) is 0 Å². The van der Waals surface area contributed by atoms with Crippen LogP contribution in [0, 0.1) is 11.8 Å². The number of pyridine rings is 1. The molecule has 0 bridgehead atoms. The van der Waals surface area contributed by atoms with Crippen LogP contribution < -0.4 is 0 Å². The van der Waals surface area contributed by atoms with Gasteiger partial charge >= 0.3 is 12.1 Å². The fraction of sp³-hybridized carbons (Fsp3) is 0.273. The molecule has 0 unspecified atom stereocenters. The number of hydrogen-bond donors (Lipinski definition) is 0. The second-order valence-electron chi connectivity index (χ2n) is 3.11. The standard InChI is InChI=1S/C11H7ClF3NO2/c1-18-10(17)4-2-3-7-5-9(12)16-6-8(7)11(13,14)15/h5-6H,4H2,1H3. The number of alkyl halides is 3. The van der Waals surface area contributed by atoms with Gasteiger partial charge in [0.15, 0.2) is 0 Å². The summed E-state index contributed by atoms with van der Waals surface area (Å²) in [5.74, 6) is 3.88. The van der Waals surface area contributed by atoms with Crippen LogP contribution in [0.5, 0.6) is 0 Å². The van der Waals surface area contributed by atoms with Gasteiger partial charge in [0.1, 0.15) is 11.6 Å². The van der Waals surface area contributed by atoms with Crippen molar-refractivity contribution in [2.45, 2.75) is 12.6 Å². The summed E-state index contributed by atoms with van der Waals surface area (Å²) >= 11 is 5.50. The first kappa shape index (κ1) is 14.3. The van der Waals surface area contributed by atoms with E-state index in [0.29, 0.717) is 6.20 Å². The quantitative estimate of drug-likeness (QED) is 0.450. The molecule has 0 saturated carbocycles. The summed E-state index contributed by atoms with van der Waals surface area (Å²) in [7, 11) is 1.16. The van der Waals surface area contributed by atoms with Crippen LogP contribution in [-0.2, 0) is 15.7 Å². The van der Waals surface area contributed by atoms with Crippen LogP contribution in [0.2, 0.25) is 5.15 Å². The third-order valence-corrected chi connectivity index (χ3v) is 2.07. The lowest BCUT2D eigenvalue weighted by Crippen LogP contribution is -2.08. The Kier molecular flexibility index (Phi) is 4.56. The number of rotatable bonds is 1. The summed E-state index contributed by atoms with van der Waals surface area (Å²) < 4.78 is 42.1. The highest BCUT2D eigenvalue weighted by molar-refractivity contribution is 6.29. The van der Waals surface area contributed by atoms with Crippen molar-refractivity contribution in [3.63, 3.8) is 0 Å². The number of carbonyl (C=O) groups excluding carboxylic acids is 1. The predicted octanol–water partition coefficient (Wildman–Crippen LogP) is 2.67. The third-order valence-electron chi connectivity index (χ3n) is 1.86. The molecule has 0 fully saturated rings. The molecule has 0 amide bonds. The highest BCUT2D eigenvalue weighted by Gasteiger charge is 2.33. The molecule has 0 aromatic carbocycles. The molecule has 1 rings (SSSR count). The van der Waals surface area contributed by atoms with Crippen molar-refractivity contribution in [1.82, 2.24) is 4.98 Å². The number of ether oxygens (including phenoxy) is 1.